The van der Waals surface area contributed by atoms with Gasteiger partial charge in [0.2, 0.25) is 0 Å². The van der Waals surface area contributed by atoms with Gasteiger partial charge in [0.15, 0.2) is 0 Å². The van der Waals surface area contributed by atoms with E-state index >= 15 is 0 Å². The highest BCUT2D eigenvalue weighted by Crippen LogP contribution is 2.14. The van der Waals surface area contributed by atoms with E-state index < -0.39 is 0 Å². The Morgan fingerprint density at radius 3 is 2.35 bits per heavy atom. The second-order valence-electron chi connectivity index (χ2n) is 5.59. The maximum absolute atomic E-state index is 4.91. The second kappa shape index (κ2) is 9.01. The zero-order chi connectivity index (χ0) is 16.5. The molecule has 1 aromatic heterocycles. The zero-order valence-corrected chi connectivity index (χ0v) is 14.2. The minimum Gasteiger partial charge on any atom is -0.497 e. The maximum atomic E-state index is 4.91. The molecule has 0 radical (unpaired) electrons. The van der Waals surface area contributed by atoms with Gasteiger partial charge < -0.3 is 15.0 Å². The Balaban J connectivity index is 0.000000203. The largest absolute Gasteiger partial charge is 0.497 e. The summed E-state index contributed by atoms with van der Waals surface area (Å²) in [4.78, 5) is 3.41. The smallest absolute Gasteiger partial charge is 0.118 e. The Bertz CT molecular complexity index is 658. The Hall–Kier alpha value is -2.26. The lowest BCUT2D eigenvalue weighted by Crippen LogP contribution is -2.24. The molecule has 0 bridgehead atoms. The fourth-order valence-electron chi connectivity index (χ4n) is 2.21. The number of rotatable bonds is 5. The van der Waals surface area contributed by atoms with Crippen LogP contribution in [-0.2, 0) is 6.54 Å². The van der Waals surface area contributed by atoms with Crippen LogP contribution in [0.25, 0.3) is 10.9 Å². The van der Waals surface area contributed by atoms with Crippen molar-refractivity contribution in [3.05, 3.63) is 66.4 Å². The number of para-hydroxylation sites is 2. The molecular weight excluding hydrogens is 284 g/mol. The molecule has 1 unspecified atom stereocenters. The summed E-state index contributed by atoms with van der Waals surface area (Å²) in [5.41, 5.74) is 2.48. The Kier molecular flexibility index (Phi) is 6.70. The van der Waals surface area contributed by atoms with Gasteiger partial charge in [0.25, 0.3) is 0 Å². The second-order valence-corrected chi connectivity index (χ2v) is 5.59. The summed E-state index contributed by atoms with van der Waals surface area (Å²) in [6.45, 7) is 5.33. The third-order valence-corrected chi connectivity index (χ3v) is 3.82. The summed E-state index contributed by atoms with van der Waals surface area (Å²) in [6, 6.07) is 20.9. The molecule has 3 nitrogen and oxygen atoms in total. The van der Waals surface area contributed by atoms with Gasteiger partial charge in [-0.25, -0.2) is 0 Å². The Labute approximate surface area is 138 Å². The van der Waals surface area contributed by atoms with Gasteiger partial charge in [-0.2, -0.15) is 0 Å². The number of aromatic nitrogens is 1. The van der Waals surface area contributed by atoms with E-state index in [9.17, 15) is 0 Å². The van der Waals surface area contributed by atoms with Crippen molar-refractivity contribution in [3.8, 4) is 5.75 Å². The molecule has 1 atom stereocenters. The predicted molar refractivity (Wildman–Crippen MR) is 97.9 cm³/mol. The Morgan fingerprint density at radius 1 is 1.04 bits per heavy atom. The van der Waals surface area contributed by atoms with E-state index in [4.69, 9.17) is 4.74 Å². The van der Waals surface area contributed by atoms with Crippen LogP contribution in [0.5, 0.6) is 5.75 Å². The van der Waals surface area contributed by atoms with Crippen LogP contribution in [0.4, 0.5) is 0 Å². The van der Waals surface area contributed by atoms with Crippen LogP contribution in [0, 0.1) is 0 Å². The zero-order valence-electron chi connectivity index (χ0n) is 14.2. The number of H-pyrrole nitrogens is 1. The topological polar surface area (TPSA) is 37.0 Å². The van der Waals surface area contributed by atoms with Crippen molar-refractivity contribution in [2.75, 3.05) is 7.11 Å². The molecule has 0 aliphatic carbocycles. The van der Waals surface area contributed by atoms with Crippen molar-refractivity contribution in [1.29, 1.82) is 0 Å². The summed E-state index contributed by atoms with van der Waals surface area (Å²) in [5, 5.41) is 4.77. The van der Waals surface area contributed by atoms with Gasteiger partial charge in [-0.3, -0.25) is 0 Å². The number of nitrogens with one attached hydrogen (secondary N) is 2. The molecule has 1 heterocycles. The van der Waals surface area contributed by atoms with Crippen molar-refractivity contribution in [1.82, 2.24) is 10.3 Å². The lowest BCUT2D eigenvalue weighted by Gasteiger charge is -2.09. The molecule has 0 aliphatic heterocycles. The number of ether oxygens (including phenoxy) is 1. The molecule has 3 aromatic rings. The van der Waals surface area contributed by atoms with E-state index in [-0.39, 0.29) is 0 Å². The first-order valence-electron chi connectivity index (χ1n) is 8.12. The highest BCUT2D eigenvalue weighted by molar-refractivity contribution is 5.80. The van der Waals surface area contributed by atoms with E-state index in [0.717, 1.165) is 12.3 Å². The minimum atomic E-state index is 0.580. The maximum Gasteiger partial charge on any atom is 0.118 e. The number of benzene rings is 2. The van der Waals surface area contributed by atoms with Gasteiger partial charge in [0, 0.05) is 23.8 Å². The van der Waals surface area contributed by atoms with Crippen LogP contribution < -0.4 is 10.1 Å². The molecule has 0 saturated heterocycles. The van der Waals surface area contributed by atoms with Gasteiger partial charge in [0.05, 0.1) is 7.11 Å². The van der Waals surface area contributed by atoms with Gasteiger partial charge in [-0.1, -0.05) is 43.3 Å². The first-order chi connectivity index (χ1) is 11.2. The first-order valence-corrected chi connectivity index (χ1v) is 8.12. The molecule has 0 saturated carbocycles. The SMILES string of the molecule is CCC(C)NCc1cc2ccccc2[nH]1.COc1ccccc1. The predicted octanol–water partition coefficient (Wildman–Crippen LogP) is 4.75. The summed E-state index contributed by atoms with van der Waals surface area (Å²) in [5.74, 6) is 0.910. The summed E-state index contributed by atoms with van der Waals surface area (Å²) in [6.07, 6.45) is 1.17. The number of hydrogen-bond acceptors (Lipinski definition) is 2. The van der Waals surface area contributed by atoms with E-state index in [2.05, 4.69) is 54.5 Å². The van der Waals surface area contributed by atoms with E-state index in [1.807, 2.05) is 30.3 Å². The van der Waals surface area contributed by atoms with Crippen molar-refractivity contribution < 1.29 is 4.74 Å². The third kappa shape index (κ3) is 5.46. The van der Waals surface area contributed by atoms with E-state index in [0.29, 0.717) is 6.04 Å². The fourth-order valence-corrected chi connectivity index (χ4v) is 2.21. The highest BCUT2D eigenvalue weighted by Gasteiger charge is 2.01. The third-order valence-electron chi connectivity index (χ3n) is 3.82. The quantitative estimate of drug-likeness (QED) is 0.713. The standard InChI is InChI=1S/C13H18N2.C7H8O/c1-3-10(2)14-9-12-8-11-6-4-5-7-13(11)15-12;1-8-7-5-3-2-4-6-7/h4-8,10,14-15H,3,9H2,1-2H3;2-6H,1H3. The molecule has 2 N–H and O–H groups in total. The molecule has 2 aromatic carbocycles. The van der Waals surface area contributed by atoms with Crippen molar-refractivity contribution in [2.45, 2.75) is 32.9 Å². The van der Waals surface area contributed by atoms with E-state index in [1.165, 1.54) is 23.0 Å². The molecule has 122 valence electrons. The average molecular weight is 310 g/mol. The average Bonchev–Trinajstić information content (AvgIpc) is 3.04. The monoisotopic (exact) mass is 310 g/mol. The van der Waals surface area contributed by atoms with Gasteiger partial charge >= 0.3 is 0 Å². The van der Waals surface area contributed by atoms with Crippen LogP contribution in [0.3, 0.4) is 0 Å². The van der Waals surface area contributed by atoms with Crippen LogP contribution in [0.1, 0.15) is 26.0 Å². The number of hydrogen-bond donors (Lipinski definition) is 2. The molecule has 3 rings (SSSR count). The number of aromatic amines is 1. The van der Waals surface area contributed by atoms with Crippen LogP contribution >= 0.6 is 0 Å². The number of fused-ring (bicyclic) bond motifs is 1. The van der Waals surface area contributed by atoms with Gasteiger partial charge in [-0.15, -0.1) is 0 Å². The van der Waals surface area contributed by atoms with Gasteiger partial charge in [0.1, 0.15) is 5.75 Å². The first kappa shape index (κ1) is 17.1. The van der Waals surface area contributed by atoms with Crippen LogP contribution in [0.15, 0.2) is 60.7 Å². The fraction of sp³-hybridized carbons (Fsp3) is 0.300. The van der Waals surface area contributed by atoms with Crippen LogP contribution in [-0.4, -0.2) is 18.1 Å². The molecule has 3 heteroatoms. The lowest BCUT2D eigenvalue weighted by molar-refractivity contribution is 0.415. The summed E-state index contributed by atoms with van der Waals surface area (Å²) < 4.78 is 4.91. The normalized spacial score (nSPS) is 11.6. The summed E-state index contributed by atoms with van der Waals surface area (Å²) >= 11 is 0. The molecule has 0 spiro atoms. The highest BCUT2D eigenvalue weighted by atomic mass is 16.5. The molecule has 0 fully saturated rings. The van der Waals surface area contributed by atoms with E-state index in [1.54, 1.807) is 7.11 Å². The van der Waals surface area contributed by atoms with Gasteiger partial charge in [-0.05, 0) is 43.0 Å². The van der Waals surface area contributed by atoms with Crippen molar-refractivity contribution >= 4 is 10.9 Å². The molecule has 0 aliphatic rings. The van der Waals surface area contributed by atoms with Crippen LogP contribution in [0.2, 0.25) is 0 Å². The van der Waals surface area contributed by atoms with Crippen molar-refractivity contribution in [3.63, 3.8) is 0 Å². The van der Waals surface area contributed by atoms with Crippen molar-refractivity contribution in [2.24, 2.45) is 0 Å². The minimum absolute atomic E-state index is 0.580. The summed E-state index contributed by atoms with van der Waals surface area (Å²) in [7, 11) is 1.66. The number of methoxy groups -OCH3 is 1. The molecule has 0 amide bonds. The lowest BCUT2D eigenvalue weighted by atomic mass is 10.2. The molecule has 23 heavy (non-hydrogen) atoms. The molecular formula is C20H26N2O. The Morgan fingerprint density at radius 2 is 1.74 bits per heavy atom.